The molecule has 174 valence electrons. The molecule has 2 aliphatic heterocycles. The molecule has 0 radical (unpaired) electrons. The maximum atomic E-state index is 14.0. The summed E-state index contributed by atoms with van der Waals surface area (Å²) in [5.41, 5.74) is -1.16. The van der Waals surface area contributed by atoms with Crippen LogP contribution in [0.3, 0.4) is 0 Å². The van der Waals surface area contributed by atoms with E-state index in [9.17, 15) is 27.5 Å². The Labute approximate surface area is 188 Å². The van der Waals surface area contributed by atoms with E-state index in [2.05, 4.69) is 0 Å². The van der Waals surface area contributed by atoms with Crippen LogP contribution in [0.15, 0.2) is 36.4 Å². The van der Waals surface area contributed by atoms with Gasteiger partial charge >= 0.3 is 6.18 Å². The summed E-state index contributed by atoms with van der Waals surface area (Å²) >= 11 is 0. The summed E-state index contributed by atoms with van der Waals surface area (Å²) in [4.78, 5) is 16.4. The number of carbonyl (C=O) groups is 1. The number of aliphatic hydroxyl groups excluding tert-OH is 1. The number of benzene rings is 2. The number of alkyl halides is 3. The Bertz CT molecular complexity index is 1130. The van der Waals surface area contributed by atoms with E-state index in [0.717, 1.165) is 12.1 Å². The molecular formula is C24H23F4N3O2. The zero-order valence-corrected chi connectivity index (χ0v) is 18.0. The van der Waals surface area contributed by atoms with Crippen molar-refractivity contribution in [3.63, 3.8) is 0 Å². The topological polar surface area (TPSA) is 67.6 Å². The predicted molar refractivity (Wildman–Crippen MR) is 113 cm³/mol. The van der Waals surface area contributed by atoms with Crippen molar-refractivity contribution in [2.45, 2.75) is 19.5 Å². The predicted octanol–water partition coefficient (Wildman–Crippen LogP) is 3.99. The lowest BCUT2D eigenvalue weighted by Crippen LogP contribution is -2.52. The summed E-state index contributed by atoms with van der Waals surface area (Å²) in [6.07, 6.45) is -4.09. The van der Waals surface area contributed by atoms with Gasteiger partial charge < -0.3 is 14.9 Å². The molecule has 2 heterocycles. The normalized spacial score (nSPS) is 22.8. The van der Waals surface area contributed by atoms with Crippen molar-refractivity contribution in [1.29, 1.82) is 5.26 Å². The monoisotopic (exact) mass is 461 g/mol. The molecule has 2 aliphatic rings. The maximum Gasteiger partial charge on any atom is 0.417 e. The first kappa shape index (κ1) is 23.1. The molecule has 1 N–H and O–H groups in total. The Hall–Kier alpha value is -3.12. The third-order valence-electron chi connectivity index (χ3n) is 6.88. The number of fused-ring (bicyclic) bond motifs is 1. The van der Waals surface area contributed by atoms with Gasteiger partial charge in [-0.1, -0.05) is 6.07 Å². The number of nitrogens with zero attached hydrogens (tertiary/aromatic N) is 3. The van der Waals surface area contributed by atoms with Crippen LogP contribution in [-0.2, 0) is 6.18 Å². The van der Waals surface area contributed by atoms with Gasteiger partial charge in [-0.2, -0.15) is 18.4 Å². The van der Waals surface area contributed by atoms with Crippen molar-refractivity contribution in [2.75, 3.05) is 37.7 Å². The van der Waals surface area contributed by atoms with Gasteiger partial charge in [-0.3, -0.25) is 4.79 Å². The fraction of sp³-hybridized carbons (Fsp3) is 0.417. The summed E-state index contributed by atoms with van der Waals surface area (Å²) in [5.74, 6) is -0.830. The Morgan fingerprint density at radius 1 is 1.24 bits per heavy atom. The lowest BCUT2D eigenvalue weighted by Gasteiger charge is -2.43. The minimum Gasteiger partial charge on any atom is -0.396 e. The molecule has 1 amide bonds. The molecular weight excluding hydrogens is 438 g/mol. The number of aryl methyl sites for hydroxylation is 1. The third-order valence-corrected chi connectivity index (χ3v) is 6.88. The van der Waals surface area contributed by atoms with E-state index in [1.807, 2.05) is 0 Å². The highest BCUT2D eigenvalue weighted by Crippen LogP contribution is 2.44. The van der Waals surface area contributed by atoms with Gasteiger partial charge in [-0.15, -0.1) is 0 Å². The van der Waals surface area contributed by atoms with Crippen LogP contribution in [0.5, 0.6) is 0 Å². The molecule has 0 aromatic heterocycles. The standard InChI is InChI=1S/C24H23F4N3O2/c1-15-2-3-16(8-21(15)25)22(33)30-7-6-18-11-31(13-23(18,12-30)14-32)19-5-4-17(10-29)20(9-19)24(26,27)28/h2-5,8-9,18,32H,6-7,11-14H2,1H3/t18-,23+/m0/s1. The number of piperidine rings is 1. The molecule has 0 unspecified atom stereocenters. The van der Waals surface area contributed by atoms with Gasteiger partial charge in [-0.25, -0.2) is 4.39 Å². The number of hydrogen-bond acceptors (Lipinski definition) is 4. The number of aliphatic hydroxyl groups is 1. The van der Waals surface area contributed by atoms with Crippen molar-refractivity contribution >= 4 is 11.6 Å². The third kappa shape index (κ3) is 4.15. The Kier molecular flexibility index (Phi) is 5.83. The molecule has 2 fully saturated rings. The maximum absolute atomic E-state index is 14.0. The minimum atomic E-state index is -4.66. The van der Waals surface area contributed by atoms with Gasteiger partial charge in [0, 0.05) is 42.8 Å². The Balaban J connectivity index is 1.58. The molecule has 0 bridgehead atoms. The van der Waals surface area contributed by atoms with E-state index in [1.54, 1.807) is 28.9 Å². The number of halogens is 4. The van der Waals surface area contributed by atoms with Crippen molar-refractivity contribution in [3.05, 3.63) is 64.5 Å². The quantitative estimate of drug-likeness (QED) is 0.703. The SMILES string of the molecule is Cc1ccc(C(=O)N2CC[C@H]3CN(c4ccc(C#N)c(C(F)(F)F)c4)C[C@@]3(CO)C2)cc1F. The second-order valence-electron chi connectivity index (χ2n) is 8.92. The zero-order chi connectivity index (χ0) is 24.0. The largest absolute Gasteiger partial charge is 0.417 e. The summed E-state index contributed by atoms with van der Waals surface area (Å²) in [6.45, 7) is 2.71. The molecule has 2 atom stereocenters. The molecule has 0 saturated carbocycles. The van der Waals surface area contributed by atoms with Crippen LogP contribution in [-0.4, -0.2) is 48.7 Å². The number of anilines is 1. The van der Waals surface area contributed by atoms with Gasteiger partial charge in [-0.05, 0) is 55.2 Å². The van der Waals surface area contributed by atoms with Crippen molar-refractivity contribution in [2.24, 2.45) is 11.3 Å². The Morgan fingerprint density at radius 2 is 2.00 bits per heavy atom. The van der Waals surface area contributed by atoms with Crippen LogP contribution < -0.4 is 4.90 Å². The average Bonchev–Trinajstić information content (AvgIpc) is 3.19. The highest BCUT2D eigenvalue weighted by Gasteiger charge is 2.50. The van der Waals surface area contributed by atoms with Gasteiger partial charge in [0.05, 0.1) is 23.8 Å². The van der Waals surface area contributed by atoms with Crippen LogP contribution in [0.4, 0.5) is 23.2 Å². The van der Waals surface area contributed by atoms with Gasteiger partial charge in [0.25, 0.3) is 5.91 Å². The second kappa shape index (κ2) is 8.34. The number of hydrogen-bond donors (Lipinski definition) is 1. The number of rotatable bonds is 3. The first-order valence-electron chi connectivity index (χ1n) is 10.6. The van der Waals surface area contributed by atoms with Gasteiger partial charge in [0.2, 0.25) is 0 Å². The molecule has 9 heteroatoms. The molecule has 2 aromatic carbocycles. The van der Waals surface area contributed by atoms with Gasteiger partial charge in [0.15, 0.2) is 0 Å². The molecule has 0 aliphatic carbocycles. The highest BCUT2D eigenvalue weighted by molar-refractivity contribution is 5.94. The Morgan fingerprint density at radius 3 is 2.64 bits per heavy atom. The smallest absolute Gasteiger partial charge is 0.396 e. The summed E-state index contributed by atoms with van der Waals surface area (Å²) in [5, 5.41) is 19.3. The molecule has 5 nitrogen and oxygen atoms in total. The molecule has 4 rings (SSSR count). The minimum absolute atomic E-state index is 0.0220. The van der Waals surface area contributed by atoms with Crippen LogP contribution in [0.25, 0.3) is 0 Å². The van der Waals surface area contributed by atoms with E-state index in [1.165, 1.54) is 18.2 Å². The summed E-state index contributed by atoms with van der Waals surface area (Å²) in [6, 6.07) is 9.50. The summed E-state index contributed by atoms with van der Waals surface area (Å²) in [7, 11) is 0. The number of amides is 1. The average molecular weight is 461 g/mol. The number of likely N-dealkylation sites (tertiary alicyclic amines) is 1. The van der Waals surface area contributed by atoms with Crippen LogP contribution >= 0.6 is 0 Å². The molecule has 0 spiro atoms. The van der Waals surface area contributed by atoms with Crippen LogP contribution in [0.1, 0.15) is 33.5 Å². The highest BCUT2D eigenvalue weighted by atomic mass is 19.4. The van der Waals surface area contributed by atoms with Crippen LogP contribution in [0.2, 0.25) is 0 Å². The van der Waals surface area contributed by atoms with E-state index in [0.29, 0.717) is 30.8 Å². The molecule has 2 aromatic rings. The first-order valence-corrected chi connectivity index (χ1v) is 10.6. The van der Waals surface area contributed by atoms with Crippen LogP contribution in [0, 0.1) is 35.4 Å². The number of nitriles is 1. The van der Waals surface area contributed by atoms with Crippen molar-refractivity contribution < 1.29 is 27.5 Å². The van der Waals surface area contributed by atoms with E-state index in [4.69, 9.17) is 5.26 Å². The zero-order valence-electron chi connectivity index (χ0n) is 18.0. The van der Waals surface area contributed by atoms with E-state index in [-0.39, 0.29) is 37.1 Å². The fourth-order valence-corrected chi connectivity index (χ4v) is 4.95. The van der Waals surface area contributed by atoms with Gasteiger partial charge in [0.1, 0.15) is 5.82 Å². The molecule has 33 heavy (non-hydrogen) atoms. The lowest BCUT2D eigenvalue weighted by atomic mass is 9.74. The van der Waals surface area contributed by atoms with Crippen molar-refractivity contribution in [3.8, 4) is 6.07 Å². The number of carbonyl (C=O) groups excluding carboxylic acids is 1. The van der Waals surface area contributed by atoms with E-state index >= 15 is 0 Å². The fourth-order valence-electron chi connectivity index (χ4n) is 4.95. The second-order valence-corrected chi connectivity index (χ2v) is 8.92. The van der Waals surface area contributed by atoms with Crippen molar-refractivity contribution in [1.82, 2.24) is 4.90 Å². The molecule has 2 saturated heterocycles. The summed E-state index contributed by atoms with van der Waals surface area (Å²) < 4.78 is 54.2. The first-order chi connectivity index (χ1) is 15.6. The van der Waals surface area contributed by atoms with E-state index < -0.39 is 28.5 Å². The lowest BCUT2D eigenvalue weighted by molar-refractivity contribution is -0.137.